The van der Waals surface area contributed by atoms with Crippen LogP contribution < -0.4 is 5.73 Å². The molecular weight excluding hydrogens is 399 g/mol. The highest BCUT2D eigenvalue weighted by molar-refractivity contribution is 6.39. The summed E-state index contributed by atoms with van der Waals surface area (Å²) >= 11 is 12.3. The summed E-state index contributed by atoms with van der Waals surface area (Å²) in [6.07, 6.45) is 0. The van der Waals surface area contributed by atoms with Gasteiger partial charge < -0.3 is 10.8 Å². The lowest BCUT2D eigenvalue weighted by atomic mass is 9.81. The highest BCUT2D eigenvalue weighted by Gasteiger charge is 2.35. The second kappa shape index (κ2) is 5.67. The van der Waals surface area contributed by atoms with Crippen LogP contribution in [0, 0.1) is 0 Å². The van der Waals surface area contributed by atoms with Crippen LogP contribution >= 0.6 is 23.2 Å². The number of halogens is 2. The number of nitrogens with two attached hydrogens (primary N) is 1. The molecule has 1 aliphatic rings. The Balaban J connectivity index is 1.99. The Bertz CT molecular complexity index is 1400. The van der Waals surface area contributed by atoms with E-state index in [1.165, 1.54) is 6.07 Å². The van der Waals surface area contributed by atoms with Crippen molar-refractivity contribution in [3.63, 3.8) is 0 Å². The minimum atomic E-state index is -0.427. The summed E-state index contributed by atoms with van der Waals surface area (Å²) in [7, 11) is 0. The highest BCUT2D eigenvalue weighted by atomic mass is 35.5. The van der Waals surface area contributed by atoms with Crippen LogP contribution in [0.2, 0.25) is 10.0 Å². The molecule has 0 fully saturated rings. The third-order valence-electron chi connectivity index (χ3n) is 4.97. The number of ketones is 2. The van der Waals surface area contributed by atoms with Crippen LogP contribution in [0.1, 0.15) is 31.8 Å². The van der Waals surface area contributed by atoms with E-state index in [1.807, 2.05) is 0 Å². The fraction of sp³-hybridized carbons (Fsp3) is 0. The number of phenols is 1. The minimum Gasteiger partial charge on any atom is -0.505 e. The van der Waals surface area contributed by atoms with E-state index < -0.39 is 5.78 Å². The number of aromatic hydroxyl groups is 1. The first-order chi connectivity index (χ1) is 13.4. The average molecular weight is 409 g/mol. The van der Waals surface area contributed by atoms with Gasteiger partial charge in [-0.05, 0) is 18.2 Å². The summed E-state index contributed by atoms with van der Waals surface area (Å²) in [5.41, 5.74) is 7.07. The monoisotopic (exact) mass is 408 g/mol. The van der Waals surface area contributed by atoms with Crippen molar-refractivity contribution in [3.05, 3.63) is 74.8 Å². The Morgan fingerprint density at radius 2 is 1.54 bits per heavy atom. The van der Waals surface area contributed by atoms with E-state index in [-0.39, 0.29) is 50.4 Å². The van der Waals surface area contributed by atoms with E-state index >= 15 is 0 Å². The van der Waals surface area contributed by atoms with Gasteiger partial charge >= 0.3 is 0 Å². The molecule has 7 heteroatoms. The van der Waals surface area contributed by atoms with Gasteiger partial charge in [0.25, 0.3) is 0 Å². The molecule has 3 aromatic carbocycles. The van der Waals surface area contributed by atoms with Crippen LogP contribution in [0.5, 0.6) is 5.75 Å². The number of hydrogen-bond acceptors (Lipinski definition) is 5. The van der Waals surface area contributed by atoms with E-state index in [0.717, 1.165) is 0 Å². The third kappa shape index (κ3) is 2.11. The zero-order chi connectivity index (χ0) is 19.7. The van der Waals surface area contributed by atoms with Crippen LogP contribution in [0.15, 0.2) is 42.5 Å². The Kier molecular flexibility index (Phi) is 3.44. The Hall–Kier alpha value is -3.15. The molecule has 0 unspecified atom stereocenters. The minimum absolute atomic E-state index is 0.0364. The molecule has 0 saturated carbocycles. The quantitative estimate of drug-likeness (QED) is 0.219. The van der Waals surface area contributed by atoms with Crippen molar-refractivity contribution in [2.24, 2.45) is 0 Å². The molecule has 5 nitrogen and oxygen atoms in total. The summed E-state index contributed by atoms with van der Waals surface area (Å²) in [5, 5.41) is 12.2. The number of fused-ring (bicyclic) bond motifs is 5. The van der Waals surface area contributed by atoms with E-state index in [2.05, 4.69) is 4.98 Å². The van der Waals surface area contributed by atoms with Gasteiger partial charge in [0, 0.05) is 26.9 Å². The van der Waals surface area contributed by atoms with Crippen molar-refractivity contribution < 1.29 is 14.7 Å². The van der Waals surface area contributed by atoms with Crippen LogP contribution in [-0.4, -0.2) is 21.7 Å². The molecule has 1 heterocycles. The first-order valence-corrected chi connectivity index (χ1v) is 9.06. The molecule has 1 aromatic heterocycles. The number of aromatic nitrogens is 1. The largest absolute Gasteiger partial charge is 0.505 e. The van der Waals surface area contributed by atoms with Gasteiger partial charge in [0.15, 0.2) is 11.6 Å². The van der Waals surface area contributed by atoms with Gasteiger partial charge in [-0.15, -0.1) is 0 Å². The lowest BCUT2D eigenvalue weighted by Gasteiger charge is -2.21. The molecule has 4 aromatic rings. The van der Waals surface area contributed by atoms with E-state index in [1.54, 1.807) is 36.4 Å². The first-order valence-electron chi connectivity index (χ1n) is 8.31. The molecule has 5 rings (SSSR count). The van der Waals surface area contributed by atoms with Gasteiger partial charge in [-0.2, -0.15) is 0 Å². The smallest absolute Gasteiger partial charge is 0.196 e. The predicted octanol–water partition coefficient (Wildman–Crippen LogP) is 4.76. The van der Waals surface area contributed by atoms with Gasteiger partial charge in [-0.3, -0.25) is 9.59 Å². The summed E-state index contributed by atoms with van der Waals surface area (Å²) < 4.78 is 0. The molecule has 0 radical (unpaired) electrons. The van der Waals surface area contributed by atoms with Crippen molar-refractivity contribution in [1.82, 2.24) is 4.98 Å². The molecule has 28 heavy (non-hydrogen) atoms. The van der Waals surface area contributed by atoms with Gasteiger partial charge in [0.1, 0.15) is 5.75 Å². The van der Waals surface area contributed by atoms with E-state index in [9.17, 15) is 14.7 Å². The Morgan fingerprint density at radius 1 is 0.893 bits per heavy atom. The maximum absolute atomic E-state index is 13.2. The molecule has 0 aliphatic heterocycles. The third-order valence-corrected chi connectivity index (χ3v) is 5.48. The van der Waals surface area contributed by atoms with E-state index in [4.69, 9.17) is 28.9 Å². The maximum atomic E-state index is 13.2. The SMILES string of the molecule is Nc1c2c(c3nc4c(Cl)cc(Cl)cc4cc3c1O)C(=O)c1ccccc1C2=O. The number of rotatable bonds is 0. The normalized spacial score (nSPS) is 13.1. The van der Waals surface area contributed by atoms with Crippen molar-refractivity contribution in [3.8, 4) is 5.75 Å². The lowest BCUT2D eigenvalue weighted by Crippen LogP contribution is -2.23. The van der Waals surface area contributed by atoms with Crippen LogP contribution in [0.4, 0.5) is 5.69 Å². The molecule has 3 N–H and O–H groups in total. The molecule has 0 bridgehead atoms. The number of carbonyl (C=O) groups is 2. The number of hydrogen-bond donors (Lipinski definition) is 2. The summed E-state index contributed by atoms with van der Waals surface area (Å²) in [5.74, 6) is -1.11. The van der Waals surface area contributed by atoms with Crippen LogP contribution in [0.25, 0.3) is 21.8 Å². The van der Waals surface area contributed by atoms with Gasteiger partial charge in [-0.25, -0.2) is 4.98 Å². The predicted molar refractivity (Wildman–Crippen MR) is 109 cm³/mol. The van der Waals surface area contributed by atoms with Crippen LogP contribution in [0.3, 0.4) is 0 Å². The molecule has 0 saturated heterocycles. The van der Waals surface area contributed by atoms with Gasteiger partial charge in [0.2, 0.25) is 0 Å². The summed E-state index contributed by atoms with van der Waals surface area (Å²) in [6.45, 7) is 0. The van der Waals surface area contributed by atoms with Gasteiger partial charge in [0.05, 0.1) is 32.9 Å². The van der Waals surface area contributed by atoms with Crippen LogP contribution in [-0.2, 0) is 0 Å². The van der Waals surface area contributed by atoms with Crippen molar-refractivity contribution in [1.29, 1.82) is 0 Å². The fourth-order valence-electron chi connectivity index (χ4n) is 3.70. The number of nitrogens with zero attached hydrogens (tertiary/aromatic N) is 1. The zero-order valence-electron chi connectivity index (χ0n) is 14.1. The maximum Gasteiger partial charge on any atom is 0.196 e. The molecule has 0 atom stereocenters. The Labute approximate surface area is 168 Å². The molecule has 0 amide bonds. The molecular formula is C21H10Cl2N2O3. The second-order valence-corrected chi connectivity index (χ2v) is 7.40. The standard InChI is InChI=1S/C21H10Cl2N2O3/c22-9-5-8-6-12-18(25-17(8)13(23)7-9)15-14(16(24)21(12)28)19(26)10-3-1-2-4-11(10)20(15)27/h1-7,28H,24H2. The van der Waals surface area contributed by atoms with Crippen molar-refractivity contribution in [2.45, 2.75) is 0 Å². The topological polar surface area (TPSA) is 93.3 Å². The highest BCUT2D eigenvalue weighted by Crippen LogP contribution is 2.43. The molecule has 136 valence electrons. The number of carbonyl (C=O) groups excluding carboxylic acids is 2. The van der Waals surface area contributed by atoms with Crippen molar-refractivity contribution >= 4 is 62.3 Å². The average Bonchev–Trinajstić information content (AvgIpc) is 2.68. The number of benzene rings is 3. The van der Waals surface area contributed by atoms with Gasteiger partial charge in [-0.1, -0.05) is 47.5 Å². The number of nitrogen functional groups attached to an aromatic ring is 1. The summed E-state index contributed by atoms with van der Waals surface area (Å²) in [6, 6.07) is 11.3. The molecule has 0 spiro atoms. The lowest BCUT2D eigenvalue weighted by molar-refractivity contribution is 0.0980. The Morgan fingerprint density at radius 3 is 2.21 bits per heavy atom. The summed E-state index contributed by atoms with van der Waals surface area (Å²) in [4.78, 5) is 30.8. The number of anilines is 1. The number of phenolic OH excluding ortho intramolecular Hbond substituents is 1. The second-order valence-electron chi connectivity index (χ2n) is 6.56. The first kappa shape index (κ1) is 17.0. The molecule has 1 aliphatic carbocycles. The number of pyridine rings is 1. The zero-order valence-corrected chi connectivity index (χ0v) is 15.6. The van der Waals surface area contributed by atoms with Crippen molar-refractivity contribution in [2.75, 3.05) is 5.73 Å². The fourth-order valence-corrected chi connectivity index (χ4v) is 4.25. The van der Waals surface area contributed by atoms with E-state index in [0.29, 0.717) is 20.9 Å².